The van der Waals surface area contributed by atoms with Crippen LogP contribution < -0.4 is 5.73 Å². The number of carbonyl (C=O) groups excluding carboxylic acids is 1. The summed E-state index contributed by atoms with van der Waals surface area (Å²) >= 11 is 0. The zero-order chi connectivity index (χ0) is 14.1. The molecular weight excluding hydrogens is 252 g/mol. The lowest BCUT2D eigenvalue weighted by atomic mass is 10.1. The van der Waals surface area contributed by atoms with Crippen LogP contribution in [-0.4, -0.2) is 27.0 Å². The average Bonchev–Trinajstić information content (AvgIpc) is 3.17. The van der Waals surface area contributed by atoms with Crippen LogP contribution in [0, 0.1) is 6.92 Å². The molecule has 0 bridgehead atoms. The van der Waals surface area contributed by atoms with E-state index in [2.05, 4.69) is 29.3 Å². The molecular formula is C15H18N4O. The Balaban J connectivity index is 1.83. The third-order valence-electron chi connectivity index (χ3n) is 3.57. The molecule has 1 fully saturated rings. The standard InChI is InChI=1S/C15H18N4O/c1-10-3-2-4-11(7-10)9-19(12-5-6-12)15(20)14-13(16)8-17-18-14/h2-4,7-8,12H,5-6,9,16H2,1H3,(H,17,18). The Morgan fingerprint density at radius 3 is 2.90 bits per heavy atom. The fraction of sp³-hybridized carbons (Fsp3) is 0.333. The first-order valence-corrected chi connectivity index (χ1v) is 6.80. The molecule has 1 heterocycles. The number of aryl methyl sites for hydroxylation is 1. The van der Waals surface area contributed by atoms with Crippen molar-refractivity contribution >= 4 is 11.6 Å². The predicted molar refractivity (Wildman–Crippen MR) is 77.1 cm³/mol. The molecule has 1 aromatic heterocycles. The fourth-order valence-corrected chi connectivity index (χ4v) is 2.37. The van der Waals surface area contributed by atoms with Crippen LogP contribution in [-0.2, 0) is 6.54 Å². The number of H-pyrrole nitrogens is 1. The number of anilines is 1. The monoisotopic (exact) mass is 270 g/mol. The first-order chi connectivity index (χ1) is 9.65. The van der Waals surface area contributed by atoms with Crippen molar-refractivity contribution in [2.45, 2.75) is 32.4 Å². The zero-order valence-corrected chi connectivity index (χ0v) is 11.5. The molecule has 1 aromatic carbocycles. The van der Waals surface area contributed by atoms with Gasteiger partial charge in [0.1, 0.15) is 5.69 Å². The summed E-state index contributed by atoms with van der Waals surface area (Å²) in [7, 11) is 0. The van der Waals surface area contributed by atoms with Gasteiger partial charge in [-0.05, 0) is 25.3 Å². The predicted octanol–water partition coefficient (Wildman–Crippen LogP) is 2.11. The van der Waals surface area contributed by atoms with Crippen LogP contribution in [0.15, 0.2) is 30.5 Å². The highest BCUT2D eigenvalue weighted by molar-refractivity contribution is 5.97. The summed E-state index contributed by atoms with van der Waals surface area (Å²) in [5.41, 5.74) is 8.92. The van der Waals surface area contributed by atoms with Crippen molar-refractivity contribution < 1.29 is 4.79 Å². The van der Waals surface area contributed by atoms with E-state index in [1.165, 1.54) is 11.8 Å². The van der Waals surface area contributed by atoms with Crippen LogP contribution in [0.25, 0.3) is 0 Å². The molecule has 2 aromatic rings. The van der Waals surface area contributed by atoms with Crippen molar-refractivity contribution in [3.8, 4) is 0 Å². The first-order valence-electron chi connectivity index (χ1n) is 6.80. The van der Waals surface area contributed by atoms with Crippen LogP contribution in [0.3, 0.4) is 0 Å². The summed E-state index contributed by atoms with van der Waals surface area (Å²) in [6, 6.07) is 8.56. The van der Waals surface area contributed by atoms with Crippen molar-refractivity contribution in [3.05, 3.63) is 47.3 Å². The Hall–Kier alpha value is -2.30. The summed E-state index contributed by atoms with van der Waals surface area (Å²) in [4.78, 5) is 14.5. The van der Waals surface area contributed by atoms with Crippen molar-refractivity contribution in [2.75, 3.05) is 5.73 Å². The minimum absolute atomic E-state index is 0.0657. The van der Waals surface area contributed by atoms with Gasteiger partial charge in [-0.25, -0.2) is 0 Å². The Morgan fingerprint density at radius 1 is 1.50 bits per heavy atom. The minimum Gasteiger partial charge on any atom is -0.396 e. The lowest BCUT2D eigenvalue weighted by Gasteiger charge is -2.22. The average molecular weight is 270 g/mol. The van der Waals surface area contributed by atoms with E-state index in [0.717, 1.165) is 18.4 Å². The second-order valence-corrected chi connectivity index (χ2v) is 5.35. The number of rotatable bonds is 4. The van der Waals surface area contributed by atoms with E-state index < -0.39 is 0 Å². The van der Waals surface area contributed by atoms with Gasteiger partial charge in [-0.2, -0.15) is 5.10 Å². The Morgan fingerprint density at radius 2 is 2.30 bits per heavy atom. The maximum Gasteiger partial charge on any atom is 0.274 e. The van der Waals surface area contributed by atoms with E-state index in [1.54, 1.807) is 0 Å². The molecule has 0 saturated heterocycles. The van der Waals surface area contributed by atoms with Crippen molar-refractivity contribution in [3.63, 3.8) is 0 Å². The number of carbonyl (C=O) groups is 1. The van der Waals surface area contributed by atoms with Crippen LogP contribution in [0.5, 0.6) is 0 Å². The highest BCUT2D eigenvalue weighted by atomic mass is 16.2. The molecule has 1 saturated carbocycles. The molecule has 5 nitrogen and oxygen atoms in total. The van der Waals surface area contributed by atoms with E-state index in [-0.39, 0.29) is 5.91 Å². The summed E-state index contributed by atoms with van der Waals surface area (Å²) < 4.78 is 0. The minimum atomic E-state index is -0.0657. The van der Waals surface area contributed by atoms with E-state index in [4.69, 9.17) is 5.73 Å². The quantitative estimate of drug-likeness (QED) is 0.893. The number of aromatic nitrogens is 2. The summed E-state index contributed by atoms with van der Waals surface area (Å²) in [5.74, 6) is -0.0657. The van der Waals surface area contributed by atoms with Gasteiger partial charge in [-0.1, -0.05) is 29.8 Å². The Bertz CT molecular complexity index is 630. The number of amides is 1. The maximum absolute atomic E-state index is 12.6. The molecule has 5 heteroatoms. The molecule has 3 N–H and O–H groups in total. The van der Waals surface area contributed by atoms with Crippen LogP contribution >= 0.6 is 0 Å². The lowest BCUT2D eigenvalue weighted by Crippen LogP contribution is -2.33. The molecule has 1 aliphatic carbocycles. The van der Waals surface area contributed by atoms with Crippen LogP contribution in [0.1, 0.15) is 34.5 Å². The highest BCUT2D eigenvalue weighted by Crippen LogP contribution is 2.30. The normalized spacial score (nSPS) is 14.2. The Labute approximate surface area is 117 Å². The topological polar surface area (TPSA) is 75.0 Å². The largest absolute Gasteiger partial charge is 0.396 e. The Kier molecular flexibility index (Phi) is 3.18. The van der Waals surface area contributed by atoms with Gasteiger partial charge in [0, 0.05) is 12.6 Å². The van der Waals surface area contributed by atoms with E-state index in [9.17, 15) is 4.79 Å². The molecule has 0 spiro atoms. The number of nitrogens with zero attached hydrogens (tertiary/aromatic N) is 2. The first kappa shape index (κ1) is 12.7. The maximum atomic E-state index is 12.6. The number of nitrogens with one attached hydrogen (secondary N) is 1. The second kappa shape index (κ2) is 5.00. The van der Waals surface area contributed by atoms with Gasteiger partial charge in [-0.3, -0.25) is 9.89 Å². The molecule has 0 aliphatic heterocycles. The summed E-state index contributed by atoms with van der Waals surface area (Å²) in [5, 5.41) is 6.53. The van der Waals surface area contributed by atoms with Gasteiger partial charge >= 0.3 is 0 Å². The van der Waals surface area contributed by atoms with Crippen molar-refractivity contribution in [1.29, 1.82) is 0 Å². The lowest BCUT2D eigenvalue weighted by molar-refractivity contribution is 0.0725. The second-order valence-electron chi connectivity index (χ2n) is 5.35. The van der Waals surface area contributed by atoms with E-state index in [1.807, 2.05) is 17.0 Å². The fourth-order valence-electron chi connectivity index (χ4n) is 2.37. The molecule has 0 unspecified atom stereocenters. The van der Waals surface area contributed by atoms with Crippen molar-refractivity contribution in [1.82, 2.24) is 15.1 Å². The molecule has 20 heavy (non-hydrogen) atoms. The molecule has 104 valence electrons. The molecule has 0 atom stereocenters. The molecule has 0 radical (unpaired) electrons. The van der Waals surface area contributed by atoms with Gasteiger partial charge in [0.15, 0.2) is 0 Å². The number of nitrogens with two attached hydrogens (primary N) is 1. The molecule has 3 rings (SSSR count). The smallest absolute Gasteiger partial charge is 0.274 e. The third kappa shape index (κ3) is 2.52. The van der Waals surface area contributed by atoms with Crippen molar-refractivity contribution in [2.24, 2.45) is 0 Å². The molecule has 1 amide bonds. The van der Waals surface area contributed by atoms with E-state index in [0.29, 0.717) is 24.0 Å². The van der Waals surface area contributed by atoms with Crippen LogP contribution in [0.4, 0.5) is 5.69 Å². The van der Waals surface area contributed by atoms with Gasteiger partial charge < -0.3 is 10.6 Å². The summed E-state index contributed by atoms with van der Waals surface area (Å²) in [6.45, 7) is 2.67. The number of aromatic amines is 1. The number of hydrogen-bond donors (Lipinski definition) is 2. The van der Waals surface area contributed by atoms with Gasteiger partial charge in [0.05, 0.1) is 11.9 Å². The SMILES string of the molecule is Cc1cccc(CN(C(=O)c2[nH]ncc2N)C2CC2)c1. The van der Waals surface area contributed by atoms with E-state index >= 15 is 0 Å². The summed E-state index contributed by atoms with van der Waals surface area (Å²) in [6.07, 6.45) is 3.60. The van der Waals surface area contributed by atoms with Gasteiger partial charge in [-0.15, -0.1) is 0 Å². The number of hydrogen-bond acceptors (Lipinski definition) is 3. The van der Waals surface area contributed by atoms with Crippen LogP contribution in [0.2, 0.25) is 0 Å². The highest BCUT2D eigenvalue weighted by Gasteiger charge is 2.34. The third-order valence-corrected chi connectivity index (χ3v) is 3.57. The van der Waals surface area contributed by atoms with Gasteiger partial charge in [0.2, 0.25) is 0 Å². The zero-order valence-electron chi connectivity index (χ0n) is 11.5. The molecule has 1 aliphatic rings. The number of nitrogen functional groups attached to an aromatic ring is 1. The van der Waals surface area contributed by atoms with Gasteiger partial charge in [0.25, 0.3) is 5.91 Å². The number of benzene rings is 1.